The average molecular weight is 439 g/mol. The van der Waals surface area contributed by atoms with E-state index in [1.807, 2.05) is 36.4 Å². The van der Waals surface area contributed by atoms with Crippen LogP contribution in [0.4, 0.5) is 0 Å². The molecule has 0 saturated heterocycles. The highest BCUT2D eigenvalue weighted by atomic mass is 32.2. The number of thioether (sulfide) groups is 1. The quantitative estimate of drug-likeness (QED) is 0.306. The number of benzene rings is 2. The molecule has 1 atom stereocenters. The van der Waals surface area contributed by atoms with Crippen molar-refractivity contribution in [3.63, 3.8) is 0 Å². The maximum absolute atomic E-state index is 12.1. The Morgan fingerprint density at radius 1 is 1.27 bits per heavy atom. The molecule has 5 rings (SSSR count). The highest BCUT2D eigenvalue weighted by molar-refractivity contribution is 8.01. The molecule has 2 aromatic carbocycles. The van der Waals surface area contributed by atoms with Gasteiger partial charge in [-0.3, -0.25) is 4.79 Å². The van der Waals surface area contributed by atoms with Gasteiger partial charge in [0.25, 0.3) is 0 Å². The summed E-state index contributed by atoms with van der Waals surface area (Å²) in [4.78, 5) is 16.6. The van der Waals surface area contributed by atoms with Gasteiger partial charge in [0.15, 0.2) is 10.1 Å². The van der Waals surface area contributed by atoms with Crippen LogP contribution in [-0.4, -0.2) is 28.0 Å². The smallest absolute Gasteiger partial charge is 0.316 e. The van der Waals surface area contributed by atoms with Gasteiger partial charge in [0.1, 0.15) is 24.2 Å². The lowest BCUT2D eigenvalue weighted by Crippen LogP contribution is -2.07. The second-order valence-corrected chi connectivity index (χ2v) is 9.29. The highest BCUT2D eigenvalue weighted by Gasteiger charge is 2.20. The van der Waals surface area contributed by atoms with Crippen LogP contribution in [0.5, 0.6) is 5.75 Å². The number of fused-ring (bicyclic) bond motifs is 2. The summed E-state index contributed by atoms with van der Waals surface area (Å²) >= 11 is 2.95. The molecule has 0 fully saturated rings. The van der Waals surface area contributed by atoms with Gasteiger partial charge in [-0.1, -0.05) is 29.1 Å². The maximum Gasteiger partial charge on any atom is 0.316 e. The molecule has 0 saturated carbocycles. The largest absolute Gasteiger partial charge is 0.490 e. The van der Waals surface area contributed by atoms with Crippen molar-refractivity contribution in [1.82, 2.24) is 10.1 Å². The van der Waals surface area contributed by atoms with Gasteiger partial charge in [0.2, 0.25) is 0 Å². The van der Waals surface area contributed by atoms with E-state index in [2.05, 4.69) is 23.1 Å². The van der Waals surface area contributed by atoms with Crippen molar-refractivity contribution in [1.29, 1.82) is 0 Å². The molecule has 0 radical (unpaired) electrons. The number of rotatable bonds is 6. The van der Waals surface area contributed by atoms with Crippen LogP contribution in [0, 0.1) is 0 Å². The number of hydrogen-bond donors (Lipinski definition) is 0. The Morgan fingerprint density at radius 3 is 3.07 bits per heavy atom. The molecule has 2 aromatic heterocycles. The van der Waals surface area contributed by atoms with Gasteiger partial charge in [0, 0.05) is 18.1 Å². The topological polar surface area (TPSA) is 74.5 Å². The van der Waals surface area contributed by atoms with E-state index in [-0.39, 0.29) is 24.4 Å². The lowest BCUT2D eigenvalue weighted by atomic mass is 10.1. The molecular formula is C22H18N2O4S2. The average Bonchev–Trinajstić information content (AvgIpc) is 3.46. The normalized spacial score (nSPS) is 15.2. The third-order valence-electron chi connectivity index (χ3n) is 4.71. The van der Waals surface area contributed by atoms with E-state index < -0.39 is 0 Å². The van der Waals surface area contributed by atoms with E-state index in [0.717, 1.165) is 37.9 Å². The molecule has 0 amide bonds. The summed E-state index contributed by atoms with van der Waals surface area (Å²) in [5.41, 5.74) is 3.62. The number of nitrogens with zero attached hydrogens (tertiary/aromatic N) is 2. The van der Waals surface area contributed by atoms with Crippen molar-refractivity contribution < 1.29 is 18.8 Å². The Hall–Kier alpha value is -2.84. The Kier molecular flexibility index (Phi) is 5.18. The van der Waals surface area contributed by atoms with Crippen LogP contribution in [0.1, 0.15) is 18.2 Å². The van der Waals surface area contributed by atoms with E-state index in [9.17, 15) is 4.79 Å². The van der Waals surface area contributed by atoms with Gasteiger partial charge < -0.3 is 14.0 Å². The number of carbonyl (C=O) groups excluding carboxylic acids is 1. The molecular weight excluding hydrogens is 420 g/mol. The number of aromatic nitrogens is 2. The molecule has 1 aliphatic rings. The molecule has 4 aromatic rings. The Labute approximate surface area is 181 Å². The molecule has 0 bridgehead atoms. The first kappa shape index (κ1) is 19.1. The number of carbonyl (C=O) groups is 1. The summed E-state index contributed by atoms with van der Waals surface area (Å²) in [6.45, 7) is 2.13. The van der Waals surface area contributed by atoms with Gasteiger partial charge >= 0.3 is 5.97 Å². The van der Waals surface area contributed by atoms with Gasteiger partial charge in [-0.15, -0.1) is 11.3 Å². The first-order valence-electron chi connectivity index (χ1n) is 9.53. The van der Waals surface area contributed by atoms with E-state index in [4.69, 9.17) is 14.0 Å². The van der Waals surface area contributed by atoms with E-state index >= 15 is 0 Å². The fourth-order valence-corrected chi connectivity index (χ4v) is 5.19. The van der Waals surface area contributed by atoms with E-state index in [1.54, 1.807) is 17.4 Å². The van der Waals surface area contributed by atoms with Crippen LogP contribution in [-0.2, 0) is 22.6 Å². The van der Waals surface area contributed by atoms with Crippen LogP contribution in [0.25, 0.3) is 21.5 Å². The molecule has 3 heterocycles. The minimum Gasteiger partial charge on any atom is -0.490 e. The van der Waals surface area contributed by atoms with Crippen molar-refractivity contribution in [2.75, 3.05) is 5.75 Å². The fraction of sp³-hybridized carbons (Fsp3) is 0.227. The van der Waals surface area contributed by atoms with Crippen LogP contribution >= 0.6 is 23.1 Å². The third-order valence-corrected chi connectivity index (χ3v) is 6.86. The van der Waals surface area contributed by atoms with Gasteiger partial charge in [-0.2, -0.15) is 0 Å². The summed E-state index contributed by atoms with van der Waals surface area (Å²) in [6, 6.07) is 15.7. The summed E-state index contributed by atoms with van der Waals surface area (Å²) < 4.78 is 18.5. The molecule has 0 aliphatic carbocycles. The SMILES string of the molecule is CC1Cc2cc(-c3cc(COC(=O)CSc4nc5ccccc5s4)no3)ccc2O1. The maximum atomic E-state index is 12.1. The summed E-state index contributed by atoms with van der Waals surface area (Å²) in [6.07, 6.45) is 1.08. The lowest BCUT2D eigenvalue weighted by Gasteiger charge is -2.02. The van der Waals surface area contributed by atoms with Crippen molar-refractivity contribution in [3.8, 4) is 17.1 Å². The fourth-order valence-electron chi connectivity index (χ4n) is 3.32. The first-order valence-corrected chi connectivity index (χ1v) is 11.3. The lowest BCUT2D eigenvalue weighted by molar-refractivity contribution is -0.141. The monoisotopic (exact) mass is 438 g/mol. The summed E-state index contributed by atoms with van der Waals surface area (Å²) in [5.74, 6) is 1.46. The number of para-hydroxylation sites is 1. The van der Waals surface area contributed by atoms with Gasteiger partial charge in [0.05, 0.1) is 16.0 Å². The predicted molar refractivity (Wildman–Crippen MR) is 116 cm³/mol. The van der Waals surface area contributed by atoms with Gasteiger partial charge in [-0.25, -0.2) is 4.98 Å². The molecule has 8 heteroatoms. The molecule has 1 aliphatic heterocycles. The van der Waals surface area contributed by atoms with Crippen LogP contribution < -0.4 is 4.74 Å². The Balaban J connectivity index is 1.16. The van der Waals surface area contributed by atoms with Crippen LogP contribution in [0.15, 0.2) is 57.4 Å². The zero-order valence-electron chi connectivity index (χ0n) is 16.2. The Bertz CT molecular complexity index is 1180. The molecule has 30 heavy (non-hydrogen) atoms. The number of esters is 1. The van der Waals surface area contributed by atoms with Crippen molar-refractivity contribution in [2.24, 2.45) is 0 Å². The number of thiazole rings is 1. The predicted octanol–water partition coefficient (Wildman–Crippen LogP) is 5.11. The molecule has 0 N–H and O–H groups in total. The summed E-state index contributed by atoms with van der Waals surface area (Å²) in [7, 11) is 0. The van der Waals surface area contributed by atoms with E-state index in [1.165, 1.54) is 11.8 Å². The second-order valence-electron chi connectivity index (χ2n) is 7.03. The molecule has 152 valence electrons. The zero-order chi connectivity index (χ0) is 20.5. The minimum atomic E-state index is -0.313. The third kappa shape index (κ3) is 4.06. The van der Waals surface area contributed by atoms with Crippen molar-refractivity contribution in [3.05, 3.63) is 59.8 Å². The summed E-state index contributed by atoms with van der Waals surface area (Å²) in [5, 5.41) is 4.02. The van der Waals surface area contributed by atoms with E-state index in [0.29, 0.717) is 11.5 Å². The minimum absolute atomic E-state index is 0.0772. The first-order chi connectivity index (χ1) is 14.6. The molecule has 0 spiro atoms. The van der Waals surface area contributed by atoms with Crippen molar-refractivity contribution in [2.45, 2.75) is 30.4 Å². The standard InChI is InChI=1S/C22H18N2O4S2/c1-13-8-15-9-14(6-7-18(15)27-13)19-10-16(24-28-19)11-26-21(25)12-29-22-23-17-4-2-3-5-20(17)30-22/h2-7,9-10,13H,8,11-12H2,1H3. The second kappa shape index (κ2) is 8.12. The van der Waals surface area contributed by atoms with Crippen LogP contribution in [0.3, 0.4) is 0 Å². The highest BCUT2D eigenvalue weighted by Crippen LogP contribution is 2.33. The number of ether oxygens (including phenoxy) is 2. The zero-order valence-corrected chi connectivity index (χ0v) is 17.8. The van der Waals surface area contributed by atoms with Crippen molar-refractivity contribution >= 4 is 39.3 Å². The number of hydrogen-bond acceptors (Lipinski definition) is 8. The van der Waals surface area contributed by atoms with Crippen LogP contribution in [0.2, 0.25) is 0 Å². The molecule has 1 unspecified atom stereocenters. The molecule has 6 nitrogen and oxygen atoms in total. The van der Waals surface area contributed by atoms with Gasteiger partial charge in [-0.05, 0) is 42.8 Å². The Morgan fingerprint density at radius 2 is 2.17 bits per heavy atom.